The average molecular weight is 661 g/mol. The highest BCUT2D eigenvalue weighted by molar-refractivity contribution is 8.27. The van der Waals surface area contributed by atoms with Crippen molar-refractivity contribution >= 4 is 57.8 Å². The molecule has 1 atom stereocenters. The number of thioether (sulfide) groups is 1. The van der Waals surface area contributed by atoms with Crippen LogP contribution in [0.1, 0.15) is 55.5 Å². The molecule has 0 bridgehead atoms. The van der Waals surface area contributed by atoms with Crippen LogP contribution in [-0.4, -0.2) is 49.8 Å². The Bertz CT molecular complexity index is 1920. The molecule has 2 aliphatic heterocycles. The van der Waals surface area contributed by atoms with Gasteiger partial charge in [0.1, 0.15) is 23.1 Å². The minimum absolute atomic E-state index is 0.0115. The van der Waals surface area contributed by atoms with Crippen LogP contribution >= 0.6 is 24.0 Å². The van der Waals surface area contributed by atoms with Crippen molar-refractivity contribution in [1.82, 2.24) is 13.9 Å². The molecule has 3 aromatic rings. The molecular formula is C33H36N6O5S2. The monoisotopic (exact) mass is 660 g/mol. The van der Waals surface area contributed by atoms with E-state index in [4.69, 9.17) is 17.0 Å². The molecule has 4 heterocycles. The van der Waals surface area contributed by atoms with Crippen molar-refractivity contribution in [2.24, 2.45) is 13.0 Å². The highest BCUT2D eigenvalue weighted by Gasteiger charge is 2.39. The zero-order valence-electron chi connectivity index (χ0n) is 26.5. The van der Waals surface area contributed by atoms with E-state index in [0.717, 1.165) is 11.8 Å². The zero-order valence-corrected chi connectivity index (χ0v) is 28.2. The fourth-order valence-electron chi connectivity index (χ4n) is 6.14. The molecule has 0 spiro atoms. The van der Waals surface area contributed by atoms with Crippen LogP contribution in [0.2, 0.25) is 0 Å². The fourth-order valence-corrected chi connectivity index (χ4v) is 7.39. The summed E-state index contributed by atoms with van der Waals surface area (Å²) in [5, 5.41) is 10.0. The number of benzene rings is 1. The van der Waals surface area contributed by atoms with Crippen molar-refractivity contribution in [3.8, 4) is 11.8 Å². The quantitative estimate of drug-likeness (QED) is 0.196. The second kappa shape index (κ2) is 13.5. The van der Waals surface area contributed by atoms with E-state index in [2.05, 4.69) is 6.07 Å². The first kappa shape index (κ1) is 33.0. The number of aromatic nitrogens is 3. The Balaban J connectivity index is 1.65. The number of thiocarbonyl (C=S) groups is 1. The van der Waals surface area contributed by atoms with Gasteiger partial charge in [-0.25, -0.2) is 4.68 Å². The number of nitrogens with zero attached hydrogens (tertiary/aromatic N) is 6. The highest BCUT2D eigenvalue weighted by Crippen LogP contribution is 2.39. The number of nitriles is 1. The Morgan fingerprint density at radius 3 is 2.52 bits per heavy atom. The van der Waals surface area contributed by atoms with E-state index in [1.165, 1.54) is 9.58 Å². The molecule has 240 valence electrons. The molecule has 2 aliphatic rings. The maximum atomic E-state index is 14.1. The minimum Gasteiger partial charge on any atom is -0.466 e. The molecule has 2 fully saturated rings. The Morgan fingerprint density at radius 2 is 1.87 bits per heavy atom. The Kier molecular flexibility index (Phi) is 9.69. The number of hydrogen-bond donors (Lipinski definition) is 0. The SMILES string of the molecule is CCCn1c(N2CCCC(C(=O)OCC)C2)c(/C=C2/SC(=S)N(c3c(C)n(C)n(-c4ccccc4)c3=O)C2=O)c(C)c(C#N)c1=O. The lowest BCUT2D eigenvalue weighted by molar-refractivity contribution is -0.148. The van der Waals surface area contributed by atoms with Gasteiger partial charge in [-0.05, 0) is 63.8 Å². The minimum atomic E-state index is -0.471. The van der Waals surface area contributed by atoms with Crippen LogP contribution in [0.15, 0.2) is 44.8 Å². The molecule has 2 saturated heterocycles. The summed E-state index contributed by atoms with van der Waals surface area (Å²) < 4.78 is 10.3. The van der Waals surface area contributed by atoms with Gasteiger partial charge in [0.25, 0.3) is 17.0 Å². The maximum Gasteiger partial charge on any atom is 0.310 e. The first-order chi connectivity index (χ1) is 22.0. The second-order valence-electron chi connectivity index (χ2n) is 11.3. The van der Waals surface area contributed by atoms with Gasteiger partial charge in [0, 0.05) is 32.2 Å². The van der Waals surface area contributed by atoms with E-state index in [1.807, 2.05) is 42.2 Å². The molecule has 0 N–H and O–H groups in total. The predicted octanol–water partition coefficient (Wildman–Crippen LogP) is 4.42. The molecule has 46 heavy (non-hydrogen) atoms. The van der Waals surface area contributed by atoms with Crippen LogP contribution in [0.25, 0.3) is 11.8 Å². The van der Waals surface area contributed by atoms with Crippen molar-refractivity contribution < 1.29 is 14.3 Å². The van der Waals surface area contributed by atoms with Crippen molar-refractivity contribution in [2.75, 3.05) is 29.5 Å². The van der Waals surface area contributed by atoms with Gasteiger partial charge in [-0.2, -0.15) is 5.26 Å². The molecule has 1 unspecified atom stereocenters. The number of amides is 1. The first-order valence-electron chi connectivity index (χ1n) is 15.3. The lowest BCUT2D eigenvalue weighted by Gasteiger charge is -2.36. The van der Waals surface area contributed by atoms with Crippen LogP contribution in [0.5, 0.6) is 0 Å². The topological polar surface area (TPSA) is 123 Å². The molecule has 5 rings (SSSR count). The van der Waals surface area contributed by atoms with E-state index in [9.17, 15) is 24.4 Å². The number of rotatable bonds is 8. The lowest BCUT2D eigenvalue weighted by atomic mass is 9.96. The highest BCUT2D eigenvalue weighted by atomic mass is 32.2. The second-order valence-corrected chi connectivity index (χ2v) is 12.9. The summed E-state index contributed by atoms with van der Waals surface area (Å²) in [5.41, 5.74) is 1.52. The van der Waals surface area contributed by atoms with Crippen LogP contribution in [0.3, 0.4) is 0 Å². The number of carbonyl (C=O) groups is 2. The van der Waals surface area contributed by atoms with Crippen LogP contribution in [-0.2, 0) is 27.9 Å². The third-order valence-corrected chi connectivity index (χ3v) is 9.75. The summed E-state index contributed by atoms with van der Waals surface area (Å²) in [6.45, 7) is 8.68. The number of ether oxygens (including phenoxy) is 1. The number of hydrogen-bond acceptors (Lipinski definition) is 9. The smallest absolute Gasteiger partial charge is 0.310 e. The maximum absolute atomic E-state index is 14.1. The average Bonchev–Trinajstić information content (AvgIpc) is 3.44. The standard InChI is InChI=1S/C33H36N6O5S2/c1-6-15-37-28(36-16-11-12-22(19-36)32(43)44-7-2)24(20(3)25(18-34)29(37)40)17-26-30(41)38(33(45)46-26)27-21(4)35(5)39(31(27)42)23-13-9-8-10-14-23/h8-10,13-14,17,22H,6-7,11-12,15-16,19H2,1-5H3/b26-17+. The number of carbonyl (C=O) groups excluding carboxylic acids is 2. The van der Waals surface area contributed by atoms with Crippen molar-refractivity contribution in [3.63, 3.8) is 0 Å². The summed E-state index contributed by atoms with van der Waals surface area (Å²) in [6.07, 6.45) is 3.65. The van der Waals surface area contributed by atoms with Gasteiger partial charge >= 0.3 is 5.97 Å². The van der Waals surface area contributed by atoms with Crippen molar-refractivity contribution in [3.05, 3.63) is 78.3 Å². The van der Waals surface area contributed by atoms with Gasteiger partial charge in [0.2, 0.25) is 0 Å². The third-order valence-electron chi connectivity index (χ3n) is 8.45. The number of pyridine rings is 1. The normalized spacial score (nSPS) is 17.6. The number of para-hydroxylation sites is 1. The Labute approximate surface area is 276 Å². The zero-order chi connectivity index (χ0) is 33.3. The molecule has 0 saturated carbocycles. The molecule has 11 nitrogen and oxygen atoms in total. The molecular weight excluding hydrogens is 625 g/mol. The summed E-state index contributed by atoms with van der Waals surface area (Å²) in [6, 6.07) is 11.2. The Morgan fingerprint density at radius 1 is 1.15 bits per heavy atom. The van der Waals surface area contributed by atoms with E-state index in [-0.39, 0.29) is 44.5 Å². The van der Waals surface area contributed by atoms with Crippen LogP contribution < -0.4 is 20.9 Å². The fraction of sp³-hybridized carbons (Fsp3) is 0.394. The largest absolute Gasteiger partial charge is 0.466 e. The molecule has 0 radical (unpaired) electrons. The number of esters is 1. The van der Waals surface area contributed by atoms with Crippen LogP contribution in [0, 0.1) is 31.1 Å². The molecule has 1 aromatic carbocycles. The summed E-state index contributed by atoms with van der Waals surface area (Å²) in [7, 11) is 1.75. The van der Waals surface area contributed by atoms with Gasteiger partial charge < -0.3 is 9.64 Å². The van der Waals surface area contributed by atoms with E-state index in [0.29, 0.717) is 67.2 Å². The molecule has 2 aromatic heterocycles. The van der Waals surface area contributed by atoms with Gasteiger partial charge in [0.05, 0.1) is 28.8 Å². The van der Waals surface area contributed by atoms with Crippen molar-refractivity contribution in [1.29, 1.82) is 5.26 Å². The van der Waals surface area contributed by atoms with Gasteiger partial charge in [-0.1, -0.05) is 49.1 Å². The molecule has 1 amide bonds. The predicted molar refractivity (Wildman–Crippen MR) is 183 cm³/mol. The lowest BCUT2D eigenvalue weighted by Crippen LogP contribution is -2.43. The van der Waals surface area contributed by atoms with E-state index in [1.54, 1.807) is 43.1 Å². The summed E-state index contributed by atoms with van der Waals surface area (Å²) >= 11 is 6.74. The number of piperidine rings is 1. The van der Waals surface area contributed by atoms with Gasteiger partial charge in [-0.3, -0.25) is 33.3 Å². The Hall–Kier alpha value is -4.41. The van der Waals surface area contributed by atoms with E-state index < -0.39 is 11.5 Å². The van der Waals surface area contributed by atoms with Gasteiger partial charge in [-0.15, -0.1) is 0 Å². The molecule has 13 heteroatoms. The summed E-state index contributed by atoms with van der Waals surface area (Å²) in [4.78, 5) is 57.8. The molecule has 0 aliphatic carbocycles. The first-order valence-corrected chi connectivity index (χ1v) is 16.5. The van der Waals surface area contributed by atoms with Crippen molar-refractivity contribution in [2.45, 2.75) is 53.5 Å². The summed E-state index contributed by atoms with van der Waals surface area (Å²) in [5.74, 6) is -0.594. The third kappa shape index (κ3) is 5.71. The van der Waals surface area contributed by atoms with E-state index >= 15 is 0 Å². The van der Waals surface area contributed by atoms with Gasteiger partial charge in [0.15, 0.2) is 4.32 Å². The van der Waals surface area contributed by atoms with Crippen LogP contribution in [0.4, 0.5) is 11.5 Å². The number of anilines is 2.